The van der Waals surface area contributed by atoms with E-state index in [1.165, 1.54) is 6.42 Å². The second kappa shape index (κ2) is 4.02. The van der Waals surface area contributed by atoms with Crippen LogP contribution in [0.15, 0.2) is 6.07 Å². The average Bonchev–Trinajstić information content (AvgIpc) is 2.10. The van der Waals surface area contributed by atoms with Crippen molar-refractivity contribution >= 4 is 0 Å². The van der Waals surface area contributed by atoms with Crippen LogP contribution in [0.2, 0.25) is 0 Å². The van der Waals surface area contributed by atoms with Crippen molar-refractivity contribution in [3.05, 3.63) is 23.3 Å². The van der Waals surface area contributed by atoms with Gasteiger partial charge in [0.25, 0.3) is 0 Å². The van der Waals surface area contributed by atoms with Gasteiger partial charge in [0.15, 0.2) is 0 Å². The second-order valence-corrected chi connectivity index (χ2v) is 3.70. The first-order valence-corrected chi connectivity index (χ1v) is 4.94. The van der Waals surface area contributed by atoms with Crippen LogP contribution in [-0.4, -0.2) is 33.1 Å². The quantitative estimate of drug-likeness (QED) is 0.758. The second-order valence-electron chi connectivity index (χ2n) is 3.70. The number of aryl methyl sites for hydroxylation is 1. The minimum Gasteiger partial charge on any atom is -0.390 e. The van der Waals surface area contributed by atoms with Gasteiger partial charge in [-0.15, -0.1) is 0 Å². The molecule has 0 aromatic carbocycles. The van der Waals surface area contributed by atoms with Crippen LogP contribution in [0.4, 0.5) is 0 Å². The van der Waals surface area contributed by atoms with Crippen molar-refractivity contribution in [2.45, 2.75) is 26.5 Å². The van der Waals surface area contributed by atoms with Crippen molar-refractivity contribution in [2.24, 2.45) is 0 Å². The van der Waals surface area contributed by atoms with Crippen LogP contribution in [0.5, 0.6) is 0 Å². The zero-order chi connectivity index (χ0) is 9.97. The minimum atomic E-state index is -0.00361. The number of aliphatic hydroxyl groups excluding tert-OH is 1. The van der Waals surface area contributed by atoms with Gasteiger partial charge in [0, 0.05) is 5.69 Å². The van der Waals surface area contributed by atoms with Crippen LogP contribution < -0.4 is 0 Å². The molecule has 4 heteroatoms. The third kappa shape index (κ3) is 2.08. The highest BCUT2D eigenvalue weighted by Crippen LogP contribution is 2.10. The van der Waals surface area contributed by atoms with Gasteiger partial charge in [-0.25, -0.2) is 9.97 Å². The number of aromatic nitrogens is 2. The van der Waals surface area contributed by atoms with E-state index >= 15 is 0 Å². The molecule has 0 amide bonds. The van der Waals surface area contributed by atoms with Crippen molar-refractivity contribution < 1.29 is 5.11 Å². The molecule has 0 aliphatic carbocycles. The molecule has 2 rings (SSSR count). The first kappa shape index (κ1) is 9.55. The predicted octanol–water partition coefficient (Wildman–Crippen LogP) is 0.483. The Kier molecular flexibility index (Phi) is 2.74. The first-order chi connectivity index (χ1) is 6.78. The highest BCUT2D eigenvalue weighted by molar-refractivity contribution is 5.09. The SMILES string of the molecule is Cc1cc(CO)nc(CN2CCC2)n1. The molecule has 1 N–H and O–H groups in total. The maximum absolute atomic E-state index is 8.99. The normalized spacial score (nSPS) is 16.7. The van der Waals surface area contributed by atoms with Gasteiger partial charge in [0.2, 0.25) is 0 Å². The number of likely N-dealkylation sites (tertiary alicyclic amines) is 1. The van der Waals surface area contributed by atoms with Crippen molar-refractivity contribution in [3.63, 3.8) is 0 Å². The zero-order valence-corrected chi connectivity index (χ0v) is 8.40. The summed E-state index contributed by atoms with van der Waals surface area (Å²) in [5.74, 6) is 0.828. The lowest BCUT2D eigenvalue weighted by Crippen LogP contribution is -2.36. The minimum absolute atomic E-state index is 0.00361. The molecule has 2 heterocycles. The summed E-state index contributed by atoms with van der Waals surface area (Å²) in [4.78, 5) is 10.9. The van der Waals surface area contributed by atoms with Crippen molar-refractivity contribution in [2.75, 3.05) is 13.1 Å². The summed E-state index contributed by atoms with van der Waals surface area (Å²) in [6, 6.07) is 1.82. The monoisotopic (exact) mass is 193 g/mol. The van der Waals surface area contributed by atoms with Crippen LogP contribution in [0.25, 0.3) is 0 Å². The van der Waals surface area contributed by atoms with Crippen LogP contribution in [-0.2, 0) is 13.2 Å². The van der Waals surface area contributed by atoms with E-state index in [4.69, 9.17) is 5.11 Å². The fourth-order valence-corrected chi connectivity index (χ4v) is 1.59. The van der Waals surface area contributed by atoms with E-state index in [1.807, 2.05) is 13.0 Å². The molecule has 1 aromatic rings. The Labute approximate surface area is 83.6 Å². The van der Waals surface area contributed by atoms with E-state index in [1.54, 1.807) is 0 Å². The van der Waals surface area contributed by atoms with Crippen LogP contribution in [0.3, 0.4) is 0 Å². The Hall–Kier alpha value is -1.00. The smallest absolute Gasteiger partial charge is 0.142 e. The number of hydrogen-bond donors (Lipinski definition) is 1. The van der Waals surface area contributed by atoms with Crippen LogP contribution >= 0.6 is 0 Å². The summed E-state index contributed by atoms with van der Waals surface area (Å²) < 4.78 is 0. The molecule has 0 spiro atoms. The van der Waals surface area contributed by atoms with E-state index in [0.29, 0.717) is 5.69 Å². The Balaban J connectivity index is 2.11. The van der Waals surface area contributed by atoms with Gasteiger partial charge in [0.05, 0.1) is 18.8 Å². The summed E-state index contributed by atoms with van der Waals surface area (Å²) >= 11 is 0. The molecular weight excluding hydrogens is 178 g/mol. The topological polar surface area (TPSA) is 49.3 Å². The summed E-state index contributed by atoms with van der Waals surface area (Å²) in [5.41, 5.74) is 1.65. The largest absolute Gasteiger partial charge is 0.390 e. The maximum atomic E-state index is 8.99. The standard InChI is InChI=1S/C10H15N3O/c1-8-5-9(7-14)12-10(11-8)6-13-3-2-4-13/h5,14H,2-4,6-7H2,1H3. The summed E-state index contributed by atoms with van der Waals surface area (Å²) in [6.07, 6.45) is 1.28. The molecule has 1 aliphatic rings. The van der Waals surface area contributed by atoms with Gasteiger partial charge in [0.1, 0.15) is 5.82 Å². The highest BCUT2D eigenvalue weighted by Gasteiger charge is 2.15. The maximum Gasteiger partial charge on any atom is 0.142 e. The third-order valence-corrected chi connectivity index (χ3v) is 2.43. The lowest BCUT2D eigenvalue weighted by Gasteiger charge is -2.29. The number of nitrogens with zero attached hydrogens (tertiary/aromatic N) is 3. The third-order valence-electron chi connectivity index (χ3n) is 2.43. The molecule has 76 valence electrons. The van der Waals surface area contributed by atoms with E-state index in [-0.39, 0.29) is 6.61 Å². The number of aliphatic hydroxyl groups is 1. The van der Waals surface area contributed by atoms with Gasteiger partial charge >= 0.3 is 0 Å². The van der Waals surface area contributed by atoms with E-state index < -0.39 is 0 Å². The Morgan fingerprint density at radius 3 is 2.79 bits per heavy atom. The van der Waals surface area contributed by atoms with Crippen molar-refractivity contribution in [3.8, 4) is 0 Å². The molecule has 0 saturated carbocycles. The zero-order valence-electron chi connectivity index (χ0n) is 8.40. The number of hydrogen-bond acceptors (Lipinski definition) is 4. The highest BCUT2D eigenvalue weighted by atomic mass is 16.3. The first-order valence-electron chi connectivity index (χ1n) is 4.94. The summed E-state index contributed by atoms with van der Waals surface area (Å²) in [6.45, 7) is 5.03. The van der Waals surface area contributed by atoms with Crippen molar-refractivity contribution in [1.82, 2.24) is 14.9 Å². The fourth-order valence-electron chi connectivity index (χ4n) is 1.59. The van der Waals surface area contributed by atoms with Gasteiger partial charge in [-0.3, -0.25) is 4.90 Å². The average molecular weight is 193 g/mol. The Morgan fingerprint density at radius 1 is 1.43 bits per heavy atom. The molecule has 1 aromatic heterocycles. The lowest BCUT2D eigenvalue weighted by molar-refractivity contribution is 0.167. The van der Waals surface area contributed by atoms with E-state index in [2.05, 4.69) is 14.9 Å². The molecule has 0 bridgehead atoms. The summed E-state index contributed by atoms with van der Waals surface area (Å²) in [7, 11) is 0. The Bertz CT molecular complexity index is 323. The fraction of sp³-hybridized carbons (Fsp3) is 0.600. The summed E-state index contributed by atoms with van der Waals surface area (Å²) in [5, 5.41) is 8.99. The molecular formula is C10H15N3O. The van der Waals surface area contributed by atoms with Gasteiger partial charge in [-0.1, -0.05) is 0 Å². The van der Waals surface area contributed by atoms with Gasteiger partial charge in [-0.2, -0.15) is 0 Å². The van der Waals surface area contributed by atoms with Crippen LogP contribution in [0.1, 0.15) is 23.6 Å². The Morgan fingerprint density at radius 2 is 2.21 bits per heavy atom. The van der Waals surface area contributed by atoms with Crippen molar-refractivity contribution in [1.29, 1.82) is 0 Å². The van der Waals surface area contributed by atoms with Crippen LogP contribution in [0, 0.1) is 6.92 Å². The molecule has 1 fully saturated rings. The van der Waals surface area contributed by atoms with Gasteiger partial charge < -0.3 is 5.11 Å². The molecule has 0 unspecified atom stereocenters. The molecule has 4 nitrogen and oxygen atoms in total. The molecule has 14 heavy (non-hydrogen) atoms. The molecule has 1 aliphatic heterocycles. The van der Waals surface area contributed by atoms with E-state index in [0.717, 1.165) is 31.2 Å². The molecule has 0 radical (unpaired) electrons. The molecule has 0 atom stereocenters. The predicted molar refractivity (Wildman–Crippen MR) is 52.6 cm³/mol. The van der Waals surface area contributed by atoms with Gasteiger partial charge in [-0.05, 0) is 32.5 Å². The van der Waals surface area contributed by atoms with E-state index in [9.17, 15) is 0 Å². The number of rotatable bonds is 3. The lowest BCUT2D eigenvalue weighted by atomic mass is 10.2. The molecule has 1 saturated heterocycles.